The normalized spacial score (nSPS) is 15.5. The van der Waals surface area contributed by atoms with Crippen molar-refractivity contribution < 1.29 is 9.90 Å². The highest BCUT2D eigenvalue weighted by molar-refractivity contribution is 6.06. The number of aryl methyl sites for hydroxylation is 2. The molecule has 0 bridgehead atoms. The summed E-state index contributed by atoms with van der Waals surface area (Å²) in [5.74, 6) is -0.878. The van der Waals surface area contributed by atoms with Crippen molar-refractivity contribution in [2.45, 2.75) is 26.2 Å². The first-order valence-electron chi connectivity index (χ1n) is 8.39. The van der Waals surface area contributed by atoms with Crippen LogP contribution in [0.4, 0.5) is 0 Å². The number of hydrogen-bond acceptors (Lipinski definition) is 3. The summed E-state index contributed by atoms with van der Waals surface area (Å²) in [6.45, 7) is 1.97. The first kappa shape index (κ1) is 15.6. The van der Waals surface area contributed by atoms with Gasteiger partial charge in [0.05, 0.1) is 23.0 Å². The number of fused-ring (bicyclic) bond motifs is 2. The van der Waals surface area contributed by atoms with E-state index in [1.807, 2.05) is 44.6 Å². The molecule has 0 unspecified atom stereocenters. The second-order valence-electron chi connectivity index (χ2n) is 6.61. The number of rotatable bonds is 2. The maximum Gasteiger partial charge on any atom is 0.336 e. The van der Waals surface area contributed by atoms with Gasteiger partial charge in [0, 0.05) is 24.2 Å². The summed E-state index contributed by atoms with van der Waals surface area (Å²) in [4.78, 5) is 16.8. The average Bonchev–Trinajstić information content (AvgIpc) is 2.98. The zero-order chi connectivity index (χ0) is 17.6. The third-order valence-electron chi connectivity index (χ3n) is 4.70. The Hall–Kier alpha value is -2.95. The van der Waals surface area contributed by atoms with Crippen LogP contribution in [0.3, 0.4) is 0 Å². The molecule has 1 aromatic carbocycles. The van der Waals surface area contributed by atoms with Gasteiger partial charge >= 0.3 is 5.97 Å². The highest BCUT2D eigenvalue weighted by atomic mass is 16.4. The van der Waals surface area contributed by atoms with Crippen LogP contribution in [0.2, 0.25) is 0 Å². The van der Waals surface area contributed by atoms with Crippen molar-refractivity contribution in [2.24, 2.45) is 7.05 Å². The van der Waals surface area contributed by atoms with Crippen LogP contribution in [-0.2, 0) is 13.5 Å². The molecule has 126 valence electrons. The number of aromatic nitrogens is 3. The Morgan fingerprint density at radius 1 is 1.32 bits per heavy atom. The minimum absolute atomic E-state index is 0.403. The summed E-state index contributed by atoms with van der Waals surface area (Å²) < 4.78 is 1.76. The SMILES string of the molecule is Cc1ccc2nc3c(c(C(=O)O)c2c1)CCC/C3=C/c1cnn(C)c1. The standard InChI is InChI=1S/C20H19N3O2/c1-12-6-7-17-16(8-12)18(20(24)25)15-5-3-4-14(19(15)22-17)9-13-10-21-23(2)11-13/h6-11H,3-5H2,1-2H3,(H,24,25)/b14-9-. The summed E-state index contributed by atoms with van der Waals surface area (Å²) in [7, 11) is 1.88. The van der Waals surface area contributed by atoms with Crippen LogP contribution in [0.15, 0.2) is 30.6 Å². The number of carbonyl (C=O) groups is 1. The number of aromatic carboxylic acids is 1. The molecule has 0 amide bonds. The number of allylic oxidation sites excluding steroid dienone is 1. The lowest BCUT2D eigenvalue weighted by Gasteiger charge is -2.21. The molecule has 0 aliphatic heterocycles. The maximum atomic E-state index is 12.0. The predicted octanol–water partition coefficient (Wildman–Crippen LogP) is 3.85. The van der Waals surface area contributed by atoms with Gasteiger partial charge in [0.25, 0.3) is 0 Å². The fraction of sp³-hybridized carbons (Fsp3) is 0.250. The fourth-order valence-electron chi connectivity index (χ4n) is 3.60. The Kier molecular flexibility index (Phi) is 3.64. The van der Waals surface area contributed by atoms with Gasteiger partial charge in [0.15, 0.2) is 0 Å². The molecule has 1 aliphatic carbocycles. The molecule has 0 atom stereocenters. The first-order chi connectivity index (χ1) is 12.0. The molecule has 1 aliphatic rings. The third kappa shape index (κ3) is 2.71. The molecule has 25 heavy (non-hydrogen) atoms. The van der Waals surface area contributed by atoms with Crippen LogP contribution in [-0.4, -0.2) is 25.8 Å². The lowest BCUT2D eigenvalue weighted by Crippen LogP contribution is -2.13. The number of carboxylic acids is 1. The van der Waals surface area contributed by atoms with Gasteiger partial charge in [-0.2, -0.15) is 5.10 Å². The summed E-state index contributed by atoms with van der Waals surface area (Å²) in [5, 5.41) is 14.8. The predicted molar refractivity (Wildman–Crippen MR) is 97.5 cm³/mol. The van der Waals surface area contributed by atoms with Gasteiger partial charge in [0.2, 0.25) is 0 Å². The minimum atomic E-state index is -0.878. The molecule has 1 N–H and O–H groups in total. The number of pyridine rings is 1. The molecule has 2 heterocycles. The number of carboxylic acid groups (broad SMARTS) is 1. The number of nitrogens with zero attached hydrogens (tertiary/aromatic N) is 3. The van der Waals surface area contributed by atoms with E-state index >= 15 is 0 Å². The second-order valence-corrected chi connectivity index (χ2v) is 6.61. The summed E-state index contributed by atoms with van der Waals surface area (Å²) in [5.41, 5.74) is 5.95. The molecule has 2 aromatic heterocycles. The van der Waals surface area contributed by atoms with Crippen LogP contribution in [0.1, 0.15) is 45.6 Å². The van der Waals surface area contributed by atoms with E-state index < -0.39 is 5.97 Å². The highest BCUT2D eigenvalue weighted by Crippen LogP contribution is 2.36. The van der Waals surface area contributed by atoms with Crippen molar-refractivity contribution in [3.05, 3.63) is 58.5 Å². The molecule has 0 spiro atoms. The van der Waals surface area contributed by atoms with Crippen molar-refractivity contribution in [3.63, 3.8) is 0 Å². The average molecular weight is 333 g/mol. The first-order valence-corrected chi connectivity index (χ1v) is 8.39. The largest absolute Gasteiger partial charge is 0.478 e. The fourth-order valence-corrected chi connectivity index (χ4v) is 3.60. The van der Waals surface area contributed by atoms with E-state index in [0.717, 1.165) is 58.1 Å². The molecule has 0 saturated carbocycles. The van der Waals surface area contributed by atoms with E-state index in [0.29, 0.717) is 5.56 Å². The summed E-state index contributed by atoms with van der Waals surface area (Å²) in [6, 6.07) is 5.81. The van der Waals surface area contributed by atoms with E-state index in [9.17, 15) is 9.90 Å². The van der Waals surface area contributed by atoms with Crippen LogP contribution in [0.5, 0.6) is 0 Å². The van der Waals surface area contributed by atoms with E-state index in [4.69, 9.17) is 4.98 Å². The van der Waals surface area contributed by atoms with E-state index in [1.54, 1.807) is 4.68 Å². The van der Waals surface area contributed by atoms with Gasteiger partial charge < -0.3 is 5.11 Å². The van der Waals surface area contributed by atoms with Gasteiger partial charge in [-0.3, -0.25) is 4.68 Å². The van der Waals surface area contributed by atoms with Crippen molar-refractivity contribution >= 4 is 28.5 Å². The molecular weight excluding hydrogens is 314 g/mol. The highest BCUT2D eigenvalue weighted by Gasteiger charge is 2.25. The monoisotopic (exact) mass is 333 g/mol. The van der Waals surface area contributed by atoms with Crippen LogP contribution >= 0.6 is 0 Å². The van der Waals surface area contributed by atoms with Gasteiger partial charge in [-0.05, 0) is 55.5 Å². The molecule has 5 heteroatoms. The van der Waals surface area contributed by atoms with E-state index in [-0.39, 0.29) is 0 Å². The van der Waals surface area contributed by atoms with Gasteiger partial charge in [-0.1, -0.05) is 11.6 Å². The summed E-state index contributed by atoms with van der Waals surface area (Å²) in [6.07, 6.45) is 8.40. The van der Waals surface area contributed by atoms with Crippen molar-refractivity contribution in [1.29, 1.82) is 0 Å². The van der Waals surface area contributed by atoms with Crippen molar-refractivity contribution in [1.82, 2.24) is 14.8 Å². The zero-order valence-electron chi connectivity index (χ0n) is 14.3. The summed E-state index contributed by atoms with van der Waals surface area (Å²) >= 11 is 0. The third-order valence-corrected chi connectivity index (χ3v) is 4.70. The van der Waals surface area contributed by atoms with Crippen molar-refractivity contribution in [3.8, 4) is 0 Å². The smallest absolute Gasteiger partial charge is 0.336 e. The van der Waals surface area contributed by atoms with Crippen LogP contribution < -0.4 is 0 Å². The molecule has 0 saturated heterocycles. The Balaban J connectivity index is 1.99. The minimum Gasteiger partial charge on any atom is -0.478 e. The quantitative estimate of drug-likeness (QED) is 0.773. The molecule has 4 rings (SSSR count). The molecule has 0 radical (unpaired) electrons. The van der Waals surface area contributed by atoms with E-state index in [2.05, 4.69) is 11.2 Å². The van der Waals surface area contributed by atoms with Crippen LogP contribution in [0.25, 0.3) is 22.6 Å². The maximum absolute atomic E-state index is 12.0. The Bertz CT molecular complexity index is 1030. The Morgan fingerprint density at radius 3 is 2.88 bits per heavy atom. The van der Waals surface area contributed by atoms with Crippen LogP contribution in [0, 0.1) is 6.92 Å². The van der Waals surface area contributed by atoms with Gasteiger partial charge in [-0.15, -0.1) is 0 Å². The second kappa shape index (κ2) is 5.84. The molecule has 0 fully saturated rings. The number of benzene rings is 1. The number of hydrogen-bond donors (Lipinski definition) is 1. The Labute approximate surface area is 145 Å². The zero-order valence-corrected chi connectivity index (χ0v) is 14.3. The lowest BCUT2D eigenvalue weighted by molar-refractivity contribution is 0.0697. The molecule has 3 aromatic rings. The van der Waals surface area contributed by atoms with Gasteiger partial charge in [-0.25, -0.2) is 9.78 Å². The van der Waals surface area contributed by atoms with Crippen molar-refractivity contribution in [2.75, 3.05) is 0 Å². The van der Waals surface area contributed by atoms with Gasteiger partial charge in [0.1, 0.15) is 0 Å². The van der Waals surface area contributed by atoms with E-state index in [1.165, 1.54) is 0 Å². The Morgan fingerprint density at radius 2 is 2.16 bits per heavy atom. The molecule has 5 nitrogen and oxygen atoms in total. The topological polar surface area (TPSA) is 68.0 Å². The lowest BCUT2D eigenvalue weighted by atomic mass is 9.86. The molecular formula is C20H19N3O2.